The van der Waals surface area contributed by atoms with Crippen LogP contribution < -0.4 is 26.0 Å². The molecule has 0 fully saturated rings. The SMILES string of the molecule is COc1ccc(C2=C(P(=O)(c3ccccc3)c3ccccc3)P(=O)(c3ccccc3)c3ccccc32)cc1. The number of ether oxygens (including phenoxy) is 1. The number of benzene rings is 5. The lowest BCUT2D eigenvalue weighted by molar-refractivity contribution is 0.415. The van der Waals surface area contributed by atoms with Gasteiger partial charge in [-0.05, 0) is 23.3 Å². The number of rotatable bonds is 6. The van der Waals surface area contributed by atoms with Crippen molar-refractivity contribution in [3.63, 3.8) is 0 Å². The van der Waals surface area contributed by atoms with Gasteiger partial charge >= 0.3 is 0 Å². The molecule has 1 unspecified atom stereocenters. The molecule has 0 saturated carbocycles. The molecule has 1 heterocycles. The average molecular weight is 533 g/mol. The molecule has 38 heavy (non-hydrogen) atoms. The molecule has 0 saturated heterocycles. The van der Waals surface area contributed by atoms with Crippen LogP contribution in [-0.4, -0.2) is 7.11 Å². The minimum atomic E-state index is -3.60. The molecule has 0 N–H and O–H groups in total. The molecule has 3 nitrogen and oxygen atoms in total. The van der Waals surface area contributed by atoms with Crippen molar-refractivity contribution in [3.8, 4) is 5.75 Å². The van der Waals surface area contributed by atoms with Crippen LogP contribution in [0.15, 0.2) is 145 Å². The minimum absolute atomic E-state index is 0.500. The highest BCUT2D eigenvalue weighted by molar-refractivity contribution is 8.01. The third-order valence-electron chi connectivity index (χ3n) is 7.07. The van der Waals surface area contributed by atoms with Crippen molar-refractivity contribution in [3.05, 3.63) is 156 Å². The summed E-state index contributed by atoms with van der Waals surface area (Å²) in [5.74, 6) is 0.725. The van der Waals surface area contributed by atoms with E-state index >= 15 is 9.13 Å². The van der Waals surface area contributed by atoms with Crippen LogP contribution in [0, 0.1) is 0 Å². The van der Waals surface area contributed by atoms with Crippen molar-refractivity contribution in [1.29, 1.82) is 0 Å². The van der Waals surface area contributed by atoms with E-state index in [-0.39, 0.29) is 0 Å². The summed E-state index contributed by atoms with van der Waals surface area (Å²) in [4.78, 5) is 0. The van der Waals surface area contributed by atoms with Gasteiger partial charge in [-0.2, -0.15) is 0 Å². The Morgan fingerprint density at radius 3 is 1.66 bits per heavy atom. The summed E-state index contributed by atoms with van der Waals surface area (Å²) in [6.07, 6.45) is 0. The second-order valence-corrected chi connectivity index (χ2v) is 14.9. The average Bonchev–Trinajstić information content (AvgIpc) is 3.28. The van der Waals surface area contributed by atoms with Gasteiger partial charge in [0, 0.05) is 26.8 Å². The Kier molecular flexibility index (Phi) is 6.28. The zero-order chi connectivity index (χ0) is 26.2. The summed E-state index contributed by atoms with van der Waals surface area (Å²) in [7, 11) is -5.49. The maximum atomic E-state index is 15.9. The third kappa shape index (κ3) is 3.74. The first-order valence-corrected chi connectivity index (χ1v) is 15.9. The van der Waals surface area contributed by atoms with Crippen molar-refractivity contribution < 1.29 is 13.9 Å². The molecule has 5 heteroatoms. The summed E-state index contributed by atoms with van der Waals surface area (Å²) in [6.45, 7) is 0. The van der Waals surface area contributed by atoms with Crippen molar-refractivity contribution in [2.45, 2.75) is 0 Å². The molecule has 5 aromatic rings. The van der Waals surface area contributed by atoms with Gasteiger partial charge in [-0.25, -0.2) is 0 Å². The fourth-order valence-electron chi connectivity index (χ4n) is 5.32. The van der Waals surface area contributed by atoms with Gasteiger partial charge in [-0.3, -0.25) is 0 Å². The van der Waals surface area contributed by atoms with E-state index in [4.69, 9.17) is 4.74 Å². The van der Waals surface area contributed by atoms with Gasteiger partial charge in [-0.1, -0.05) is 127 Å². The minimum Gasteiger partial charge on any atom is -0.497 e. The summed E-state index contributed by atoms with van der Waals surface area (Å²) in [5, 5.41) is 3.23. The smallest absolute Gasteiger partial charge is 0.176 e. The predicted octanol–water partition coefficient (Wildman–Crippen LogP) is 6.75. The Bertz CT molecular complexity index is 1680. The molecule has 0 spiro atoms. The highest BCUT2D eigenvalue weighted by Crippen LogP contribution is 2.75. The summed E-state index contributed by atoms with van der Waals surface area (Å²) in [6, 6.07) is 44.0. The molecule has 1 aliphatic rings. The highest BCUT2D eigenvalue weighted by atomic mass is 31.2. The quantitative estimate of drug-likeness (QED) is 0.227. The van der Waals surface area contributed by atoms with E-state index in [1.165, 1.54) is 0 Å². The maximum Gasteiger partial charge on any atom is 0.176 e. The lowest BCUT2D eigenvalue weighted by atomic mass is 10.00. The van der Waals surface area contributed by atoms with E-state index in [9.17, 15) is 0 Å². The molecular formula is C33H26O3P2. The molecule has 0 bridgehead atoms. The molecule has 1 aliphatic heterocycles. The molecule has 0 aliphatic carbocycles. The Morgan fingerprint density at radius 2 is 1.11 bits per heavy atom. The van der Waals surface area contributed by atoms with Gasteiger partial charge in [0.05, 0.1) is 12.2 Å². The molecule has 186 valence electrons. The van der Waals surface area contributed by atoms with Gasteiger partial charge < -0.3 is 13.9 Å². The first kappa shape index (κ1) is 24.4. The zero-order valence-corrected chi connectivity index (χ0v) is 22.7. The van der Waals surface area contributed by atoms with E-state index in [0.29, 0.717) is 21.0 Å². The third-order valence-corrected chi connectivity index (χ3v) is 14.5. The number of fused-ring (bicyclic) bond motifs is 1. The zero-order valence-electron chi connectivity index (χ0n) is 20.9. The Hall–Kier alpha value is -3.90. The van der Waals surface area contributed by atoms with Gasteiger partial charge in [0.2, 0.25) is 0 Å². The number of hydrogen-bond acceptors (Lipinski definition) is 3. The second kappa shape index (κ2) is 9.76. The van der Waals surface area contributed by atoms with Crippen LogP contribution in [-0.2, 0) is 9.13 Å². The van der Waals surface area contributed by atoms with E-state index in [1.54, 1.807) is 7.11 Å². The second-order valence-electron chi connectivity index (χ2n) is 9.17. The number of methoxy groups -OCH3 is 1. The van der Waals surface area contributed by atoms with Crippen LogP contribution in [0.3, 0.4) is 0 Å². The number of hydrogen-bond donors (Lipinski definition) is 0. The van der Waals surface area contributed by atoms with E-state index in [2.05, 4.69) is 0 Å². The van der Waals surface area contributed by atoms with Crippen LogP contribution in [0.5, 0.6) is 5.75 Å². The fourth-order valence-corrected chi connectivity index (χ4v) is 13.5. The van der Waals surface area contributed by atoms with E-state index in [1.807, 2.05) is 140 Å². The Balaban J connectivity index is 1.81. The van der Waals surface area contributed by atoms with Crippen molar-refractivity contribution in [1.82, 2.24) is 0 Å². The van der Waals surface area contributed by atoms with Gasteiger partial charge in [0.15, 0.2) is 14.3 Å². The van der Waals surface area contributed by atoms with Crippen molar-refractivity contribution >= 4 is 41.1 Å². The molecule has 0 aromatic heterocycles. The van der Waals surface area contributed by atoms with E-state index < -0.39 is 14.3 Å². The Labute approximate surface area is 223 Å². The first-order valence-electron chi connectivity index (χ1n) is 12.4. The molecule has 6 rings (SSSR count). The normalized spacial score (nSPS) is 16.8. The molecule has 0 radical (unpaired) electrons. The van der Waals surface area contributed by atoms with Crippen LogP contribution >= 0.6 is 14.3 Å². The Morgan fingerprint density at radius 1 is 0.605 bits per heavy atom. The maximum absolute atomic E-state index is 15.9. The summed E-state index contributed by atoms with van der Waals surface area (Å²) in [5.41, 5.74) is 2.48. The van der Waals surface area contributed by atoms with Gasteiger partial charge in [-0.15, -0.1) is 0 Å². The monoisotopic (exact) mass is 532 g/mol. The molecule has 5 aromatic carbocycles. The molecule has 0 amide bonds. The largest absolute Gasteiger partial charge is 0.497 e. The topological polar surface area (TPSA) is 43.4 Å². The summed E-state index contributed by atoms with van der Waals surface area (Å²) >= 11 is 0. The molecule has 1 atom stereocenters. The lowest BCUT2D eigenvalue weighted by Gasteiger charge is -2.28. The standard InChI is InChI=1S/C33H26O3P2/c1-36-26-23-21-25(22-24-26)32-30-19-11-12-20-31(30)38(35,29-17-9-4-10-18-29)33(32)37(34,27-13-5-2-6-14-27)28-15-7-3-8-16-28/h2-24H,1H3. The van der Waals surface area contributed by atoms with Crippen molar-refractivity contribution in [2.24, 2.45) is 0 Å². The predicted molar refractivity (Wildman–Crippen MR) is 159 cm³/mol. The van der Waals surface area contributed by atoms with Crippen molar-refractivity contribution in [2.75, 3.05) is 7.11 Å². The first-order chi connectivity index (χ1) is 18.6. The summed E-state index contributed by atoms with van der Waals surface area (Å²) < 4.78 is 37.2. The van der Waals surface area contributed by atoms with Crippen LogP contribution in [0.25, 0.3) is 5.57 Å². The van der Waals surface area contributed by atoms with Crippen LogP contribution in [0.2, 0.25) is 0 Å². The van der Waals surface area contributed by atoms with Gasteiger partial charge in [0.1, 0.15) is 5.75 Å². The lowest BCUT2D eigenvalue weighted by Crippen LogP contribution is -2.22. The fraction of sp³-hybridized carbons (Fsp3) is 0.0303. The van der Waals surface area contributed by atoms with Crippen LogP contribution in [0.1, 0.15) is 11.1 Å². The van der Waals surface area contributed by atoms with E-state index in [0.717, 1.165) is 27.8 Å². The highest BCUT2D eigenvalue weighted by Gasteiger charge is 2.51. The van der Waals surface area contributed by atoms with Gasteiger partial charge in [0.25, 0.3) is 0 Å². The molecular weight excluding hydrogens is 506 g/mol. The van der Waals surface area contributed by atoms with Crippen LogP contribution in [0.4, 0.5) is 0 Å².